The first-order valence-electron chi connectivity index (χ1n) is 15.6. The van der Waals surface area contributed by atoms with E-state index in [4.69, 9.17) is 9.47 Å². The van der Waals surface area contributed by atoms with E-state index < -0.39 is 21.7 Å². The van der Waals surface area contributed by atoms with Crippen LogP contribution in [0.4, 0.5) is 0 Å². The molecular weight excluding hydrogens is 504 g/mol. The molecule has 7 atom stereocenters. The molecule has 0 bridgehead atoms. The number of ether oxygens (including phenoxy) is 2. The number of allylic oxidation sites excluding steroid dienone is 2. The standard InChI is InChI=1S/C34H52O6/c1-20(2)11-10-12-21(3)24-13-16-33(9)30-25(37)17-27-31(6,7)28(40-23(5)36)14-15-32(27,8)29(30)26(38)18-34(24,33)19-39-22(4)35/h20-21,24,27-28H,10-19H2,1-9H3/t21-,24-,27+,28+,32+,33+,34+/m1/s1. The summed E-state index contributed by atoms with van der Waals surface area (Å²) in [7, 11) is 0. The minimum atomic E-state index is -0.574. The lowest BCUT2D eigenvalue weighted by Crippen LogP contribution is -2.60. The van der Waals surface area contributed by atoms with Crippen LogP contribution in [-0.2, 0) is 28.7 Å². The molecule has 0 saturated heterocycles. The topological polar surface area (TPSA) is 86.7 Å². The van der Waals surface area contributed by atoms with Crippen molar-refractivity contribution in [3.63, 3.8) is 0 Å². The van der Waals surface area contributed by atoms with Crippen LogP contribution in [0, 0.1) is 45.3 Å². The highest BCUT2D eigenvalue weighted by atomic mass is 16.5. The number of hydrogen-bond acceptors (Lipinski definition) is 6. The summed E-state index contributed by atoms with van der Waals surface area (Å²) in [6.07, 6.45) is 6.89. The molecule has 4 aliphatic carbocycles. The number of fused-ring (bicyclic) bond motifs is 4. The van der Waals surface area contributed by atoms with Crippen LogP contribution in [0.15, 0.2) is 11.1 Å². The average molecular weight is 557 g/mol. The van der Waals surface area contributed by atoms with Crippen molar-refractivity contribution in [3.05, 3.63) is 11.1 Å². The molecule has 0 N–H and O–H groups in total. The van der Waals surface area contributed by atoms with Gasteiger partial charge in [-0.2, -0.15) is 0 Å². The number of carbonyl (C=O) groups is 4. The van der Waals surface area contributed by atoms with Crippen molar-refractivity contribution in [1.29, 1.82) is 0 Å². The molecule has 4 aliphatic rings. The first-order valence-corrected chi connectivity index (χ1v) is 15.6. The third-order valence-corrected chi connectivity index (χ3v) is 12.0. The molecule has 0 aromatic rings. The van der Waals surface area contributed by atoms with Gasteiger partial charge < -0.3 is 9.47 Å². The summed E-state index contributed by atoms with van der Waals surface area (Å²) in [6, 6.07) is 0. The zero-order valence-corrected chi connectivity index (χ0v) is 26.4. The summed E-state index contributed by atoms with van der Waals surface area (Å²) in [5.41, 5.74) is -0.535. The fraction of sp³-hybridized carbons (Fsp3) is 0.824. The van der Waals surface area contributed by atoms with E-state index >= 15 is 0 Å². The Morgan fingerprint density at radius 3 is 2.17 bits per heavy atom. The first kappa shape index (κ1) is 31.0. The van der Waals surface area contributed by atoms with Gasteiger partial charge in [0.25, 0.3) is 0 Å². The van der Waals surface area contributed by atoms with Gasteiger partial charge in [-0.1, -0.05) is 67.7 Å². The lowest BCUT2D eigenvalue weighted by Gasteiger charge is -2.61. The Morgan fingerprint density at radius 2 is 1.57 bits per heavy atom. The Balaban J connectivity index is 1.80. The maximum atomic E-state index is 14.5. The average Bonchev–Trinajstić information content (AvgIpc) is 3.13. The van der Waals surface area contributed by atoms with Crippen LogP contribution >= 0.6 is 0 Å². The molecule has 0 heterocycles. The summed E-state index contributed by atoms with van der Waals surface area (Å²) in [5.74, 6) is 0.601. The third kappa shape index (κ3) is 4.79. The van der Waals surface area contributed by atoms with Crippen LogP contribution in [0.3, 0.4) is 0 Å². The Hall–Kier alpha value is -1.98. The zero-order chi connectivity index (χ0) is 29.8. The molecule has 224 valence electrons. The quantitative estimate of drug-likeness (QED) is 0.298. The highest BCUT2D eigenvalue weighted by Crippen LogP contribution is 2.71. The van der Waals surface area contributed by atoms with Gasteiger partial charge in [0, 0.05) is 59.5 Å². The van der Waals surface area contributed by atoms with Crippen molar-refractivity contribution in [2.75, 3.05) is 6.61 Å². The van der Waals surface area contributed by atoms with Gasteiger partial charge in [-0.15, -0.1) is 0 Å². The molecule has 6 nitrogen and oxygen atoms in total. The smallest absolute Gasteiger partial charge is 0.302 e. The van der Waals surface area contributed by atoms with Crippen LogP contribution in [0.2, 0.25) is 0 Å². The van der Waals surface area contributed by atoms with Gasteiger partial charge in [0.1, 0.15) is 6.10 Å². The van der Waals surface area contributed by atoms with Crippen molar-refractivity contribution in [2.45, 2.75) is 126 Å². The van der Waals surface area contributed by atoms with Gasteiger partial charge in [0.2, 0.25) is 0 Å². The summed E-state index contributed by atoms with van der Waals surface area (Å²) in [6.45, 7) is 18.4. The first-order chi connectivity index (χ1) is 18.5. The predicted molar refractivity (Wildman–Crippen MR) is 154 cm³/mol. The van der Waals surface area contributed by atoms with E-state index in [9.17, 15) is 19.2 Å². The second-order valence-electron chi connectivity index (χ2n) is 15.1. The highest BCUT2D eigenvalue weighted by Gasteiger charge is 2.69. The normalized spacial score (nSPS) is 37.5. The van der Waals surface area contributed by atoms with Crippen molar-refractivity contribution in [2.24, 2.45) is 45.3 Å². The molecule has 2 saturated carbocycles. The number of esters is 2. The van der Waals surface area contributed by atoms with Gasteiger partial charge in [-0.3, -0.25) is 19.2 Å². The minimum Gasteiger partial charge on any atom is -0.465 e. The van der Waals surface area contributed by atoms with E-state index in [1.807, 2.05) is 0 Å². The fourth-order valence-electron chi connectivity index (χ4n) is 9.86. The number of rotatable bonds is 8. The lowest BCUT2D eigenvalue weighted by molar-refractivity contribution is -0.170. The number of hydrogen-bond donors (Lipinski definition) is 0. The maximum absolute atomic E-state index is 14.5. The monoisotopic (exact) mass is 556 g/mol. The summed E-state index contributed by atoms with van der Waals surface area (Å²) in [4.78, 5) is 52.8. The lowest BCUT2D eigenvalue weighted by atomic mass is 9.42. The van der Waals surface area contributed by atoms with Crippen molar-refractivity contribution >= 4 is 23.5 Å². The van der Waals surface area contributed by atoms with E-state index in [1.54, 1.807) is 0 Å². The van der Waals surface area contributed by atoms with Gasteiger partial charge in [0.05, 0.1) is 6.61 Å². The summed E-state index contributed by atoms with van der Waals surface area (Å²) < 4.78 is 11.5. The van der Waals surface area contributed by atoms with E-state index in [0.717, 1.165) is 36.8 Å². The molecule has 0 aromatic carbocycles. The van der Waals surface area contributed by atoms with Crippen molar-refractivity contribution < 1.29 is 28.7 Å². The Labute approximate surface area is 241 Å². The predicted octanol–water partition coefficient (Wildman–Crippen LogP) is 7.03. The molecule has 0 amide bonds. The number of Topliss-reactive ketones (excluding diaryl/α,β-unsaturated/α-hetero) is 2. The second kappa shape index (κ2) is 10.7. The highest BCUT2D eigenvalue weighted by molar-refractivity contribution is 6.11. The Morgan fingerprint density at radius 1 is 0.900 bits per heavy atom. The van der Waals surface area contributed by atoms with Crippen LogP contribution in [0.25, 0.3) is 0 Å². The van der Waals surface area contributed by atoms with Crippen LogP contribution < -0.4 is 0 Å². The number of carbonyl (C=O) groups excluding carboxylic acids is 4. The van der Waals surface area contributed by atoms with Gasteiger partial charge in [-0.05, 0) is 49.4 Å². The van der Waals surface area contributed by atoms with Crippen LogP contribution in [-0.4, -0.2) is 36.2 Å². The van der Waals surface area contributed by atoms with E-state index in [2.05, 4.69) is 48.5 Å². The van der Waals surface area contributed by atoms with Crippen molar-refractivity contribution in [1.82, 2.24) is 0 Å². The Kier molecular flexibility index (Phi) is 8.28. The van der Waals surface area contributed by atoms with Gasteiger partial charge >= 0.3 is 11.9 Å². The summed E-state index contributed by atoms with van der Waals surface area (Å²) >= 11 is 0. The molecule has 6 heteroatoms. The van der Waals surface area contributed by atoms with Crippen LogP contribution in [0.5, 0.6) is 0 Å². The van der Waals surface area contributed by atoms with Crippen LogP contribution in [0.1, 0.15) is 120 Å². The summed E-state index contributed by atoms with van der Waals surface area (Å²) in [5, 5.41) is 0. The van der Waals surface area contributed by atoms with Gasteiger partial charge in [0.15, 0.2) is 11.6 Å². The molecule has 0 radical (unpaired) electrons. The second-order valence-corrected chi connectivity index (χ2v) is 15.1. The largest absolute Gasteiger partial charge is 0.465 e. The minimum absolute atomic E-state index is 0.0585. The molecule has 0 spiro atoms. The fourth-order valence-corrected chi connectivity index (χ4v) is 9.86. The third-order valence-electron chi connectivity index (χ3n) is 12.0. The molecule has 0 unspecified atom stereocenters. The van der Waals surface area contributed by atoms with Crippen molar-refractivity contribution in [3.8, 4) is 0 Å². The van der Waals surface area contributed by atoms with Gasteiger partial charge in [-0.25, -0.2) is 0 Å². The molecule has 0 aliphatic heterocycles. The SMILES string of the molecule is CC(=O)OC[C@]12CC(=O)C3=C(C(=O)C[C@H]4C(C)(C)[C@@H](OC(C)=O)CC[C@]34C)[C@]1(C)CC[C@@H]2[C@H](C)CCCC(C)C. The molecule has 2 fully saturated rings. The van der Waals surface area contributed by atoms with E-state index in [0.29, 0.717) is 37.5 Å². The van der Waals surface area contributed by atoms with E-state index in [-0.39, 0.29) is 48.1 Å². The zero-order valence-electron chi connectivity index (χ0n) is 26.4. The Bertz CT molecular complexity index is 1100. The molecule has 40 heavy (non-hydrogen) atoms. The molecule has 0 aromatic heterocycles. The molecule has 4 rings (SSSR count). The van der Waals surface area contributed by atoms with E-state index in [1.165, 1.54) is 20.3 Å². The number of ketones is 2. The molecular formula is C34H52O6. The maximum Gasteiger partial charge on any atom is 0.302 e.